The summed E-state index contributed by atoms with van der Waals surface area (Å²) in [5, 5.41) is 9.73. The third-order valence-corrected chi connectivity index (χ3v) is 2.68. The Morgan fingerprint density at radius 1 is 1.13 bits per heavy atom. The van der Waals surface area contributed by atoms with E-state index in [0.717, 1.165) is 0 Å². The summed E-state index contributed by atoms with van der Waals surface area (Å²) in [5.41, 5.74) is 0.714. The molecule has 1 heterocycles. The molecule has 4 heteroatoms. The number of phenolic OH excluding ortho intramolecular Hbond substituents is 1. The molecule has 0 aliphatic carbocycles. The number of aromatic hydroxyl groups is 1. The van der Waals surface area contributed by atoms with E-state index in [9.17, 15) is 9.50 Å². The fraction of sp³-hybridized carbons (Fsp3) is 0. The maximum atomic E-state index is 13.3. The van der Waals surface area contributed by atoms with Gasteiger partial charge in [0.05, 0.1) is 4.47 Å². The van der Waals surface area contributed by atoms with Crippen LogP contribution in [0.1, 0.15) is 0 Å². The number of pyridine rings is 1. The molecule has 0 aliphatic heterocycles. The summed E-state index contributed by atoms with van der Waals surface area (Å²) in [4.78, 5) is 3.53. The molecule has 1 N–H and O–H groups in total. The molecule has 0 bridgehead atoms. The van der Waals surface area contributed by atoms with Crippen molar-refractivity contribution in [3.05, 3.63) is 46.9 Å². The highest BCUT2D eigenvalue weighted by atomic mass is 79.9. The van der Waals surface area contributed by atoms with Gasteiger partial charge in [-0.15, -0.1) is 0 Å². The Morgan fingerprint density at radius 3 is 2.60 bits per heavy atom. The Kier molecular flexibility index (Phi) is 2.68. The van der Waals surface area contributed by atoms with Crippen LogP contribution in [-0.2, 0) is 0 Å². The van der Waals surface area contributed by atoms with Gasteiger partial charge in [-0.25, -0.2) is 4.98 Å². The summed E-state index contributed by atoms with van der Waals surface area (Å²) < 4.78 is 13.9. The van der Waals surface area contributed by atoms with Crippen LogP contribution >= 0.6 is 15.9 Å². The summed E-state index contributed by atoms with van der Waals surface area (Å²) in [5.74, 6) is -0.574. The second kappa shape index (κ2) is 3.98. The largest absolute Gasteiger partial charge is 0.506 e. The fourth-order valence-corrected chi connectivity index (χ4v) is 1.69. The first-order valence-electron chi connectivity index (χ1n) is 4.28. The zero-order chi connectivity index (χ0) is 10.8. The maximum absolute atomic E-state index is 13.3. The monoisotopic (exact) mass is 267 g/mol. The van der Waals surface area contributed by atoms with Crippen molar-refractivity contribution in [1.82, 2.24) is 4.98 Å². The highest BCUT2D eigenvalue weighted by molar-refractivity contribution is 9.10. The van der Waals surface area contributed by atoms with Crippen molar-refractivity contribution in [2.45, 2.75) is 0 Å². The fourth-order valence-electron chi connectivity index (χ4n) is 1.32. The summed E-state index contributed by atoms with van der Waals surface area (Å²) in [6.07, 6.45) is 1.37. The molecule has 0 amide bonds. The van der Waals surface area contributed by atoms with Gasteiger partial charge in [-0.1, -0.05) is 12.1 Å². The van der Waals surface area contributed by atoms with Crippen LogP contribution in [0.5, 0.6) is 5.75 Å². The van der Waals surface area contributed by atoms with Crippen LogP contribution in [0.3, 0.4) is 0 Å². The highest BCUT2D eigenvalue weighted by Crippen LogP contribution is 2.35. The first-order chi connectivity index (χ1) is 7.20. The number of para-hydroxylation sites is 1. The summed E-state index contributed by atoms with van der Waals surface area (Å²) >= 11 is 3.18. The average Bonchev–Trinajstić information content (AvgIpc) is 2.23. The van der Waals surface area contributed by atoms with Gasteiger partial charge in [-0.3, -0.25) is 0 Å². The van der Waals surface area contributed by atoms with E-state index in [1.807, 2.05) is 0 Å². The Balaban J connectivity index is 2.65. The summed E-state index contributed by atoms with van der Waals surface area (Å²) in [7, 11) is 0. The van der Waals surface area contributed by atoms with Crippen molar-refractivity contribution < 1.29 is 9.50 Å². The van der Waals surface area contributed by atoms with Crippen molar-refractivity contribution in [1.29, 1.82) is 0 Å². The molecule has 0 radical (unpaired) electrons. The molecule has 0 atom stereocenters. The minimum absolute atomic E-state index is 0.0180. The molecule has 2 aromatic rings. The van der Waals surface area contributed by atoms with Gasteiger partial charge in [0.1, 0.15) is 5.75 Å². The van der Waals surface area contributed by atoms with E-state index in [4.69, 9.17) is 0 Å². The van der Waals surface area contributed by atoms with Crippen LogP contribution < -0.4 is 0 Å². The van der Waals surface area contributed by atoms with Crippen molar-refractivity contribution in [3.63, 3.8) is 0 Å². The smallest absolute Gasteiger partial charge is 0.220 e. The molecule has 0 fully saturated rings. The normalized spacial score (nSPS) is 10.3. The molecular formula is C11H7BrFNO. The molecule has 1 aromatic heterocycles. The number of halogens is 2. The Labute approximate surface area is 94.5 Å². The van der Waals surface area contributed by atoms with Gasteiger partial charge in [0.25, 0.3) is 0 Å². The molecule has 0 aliphatic rings. The lowest BCUT2D eigenvalue weighted by Crippen LogP contribution is -1.88. The van der Waals surface area contributed by atoms with Gasteiger partial charge in [0, 0.05) is 17.3 Å². The number of hydrogen-bond donors (Lipinski definition) is 1. The Morgan fingerprint density at radius 2 is 1.87 bits per heavy atom. The third kappa shape index (κ3) is 1.85. The molecule has 0 spiro atoms. The first kappa shape index (κ1) is 10.1. The summed E-state index contributed by atoms with van der Waals surface area (Å²) in [6.45, 7) is 0. The second-order valence-electron chi connectivity index (χ2n) is 2.98. The minimum Gasteiger partial charge on any atom is -0.506 e. The third-order valence-electron chi connectivity index (χ3n) is 2.04. The van der Waals surface area contributed by atoms with E-state index >= 15 is 0 Å². The lowest BCUT2D eigenvalue weighted by atomic mass is 10.1. The van der Waals surface area contributed by atoms with Crippen molar-refractivity contribution in [2.75, 3.05) is 0 Å². The Bertz CT molecular complexity index is 502. The van der Waals surface area contributed by atoms with Crippen LogP contribution in [0.15, 0.2) is 41.0 Å². The van der Waals surface area contributed by atoms with Crippen molar-refractivity contribution in [2.24, 2.45) is 0 Å². The van der Waals surface area contributed by atoms with E-state index in [1.54, 1.807) is 30.3 Å². The minimum atomic E-state index is -0.592. The van der Waals surface area contributed by atoms with Gasteiger partial charge in [-0.05, 0) is 34.1 Å². The number of benzene rings is 1. The zero-order valence-electron chi connectivity index (χ0n) is 7.61. The molecule has 76 valence electrons. The van der Waals surface area contributed by atoms with Crippen LogP contribution in [0.2, 0.25) is 0 Å². The first-order valence-corrected chi connectivity index (χ1v) is 5.08. The van der Waals surface area contributed by atoms with Gasteiger partial charge in [0.2, 0.25) is 5.95 Å². The van der Waals surface area contributed by atoms with Gasteiger partial charge < -0.3 is 5.11 Å². The number of hydrogen-bond acceptors (Lipinski definition) is 2. The van der Waals surface area contributed by atoms with Crippen molar-refractivity contribution >= 4 is 15.9 Å². The second-order valence-corrected chi connectivity index (χ2v) is 3.83. The SMILES string of the molecule is Oc1c(Br)cccc1-c1cccnc1F. The molecule has 2 nitrogen and oxygen atoms in total. The average molecular weight is 268 g/mol. The zero-order valence-corrected chi connectivity index (χ0v) is 9.20. The molecule has 0 unspecified atom stereocenters. The van der Waals surface area contributed by atoms with Crippen LogP contribution in [0.25, 0.3) is 11.1 Å². The van der Waals surface area contributed by atoms with E-state index in [2.05, 4.69) is 20.9 Å². The number of nitrogens with zero attached hydrogens (tertiary/aromatic N) is 1. The standard InChI is InChI=1S/C11H7BrFNO/c12-9-5-1-3-7(10(9)15)8-4-2-6-14-11(8)13/h1-6,15H. The van der Waals surface area contributed by atoms with Gasteiger partial charge >= 0.3 is 0 Å². The number of phenols is 1. The van der Waals surface area contributed by atoms with E-state index in [0.29, 0.717) is 10.0 Å². The van der Waals surface area contributed by atoms with Gasteiger partial charge in [-0.2, -0.15) is 4.39 Å². The van der Waals surface area contributed by atoms with Crippen molar-refractivity contribution in [3.8, 4) is 16.9 Å². The maximum Gasteiger partial charge on any atom is 0.220 e. The lowest BCUT2D eigenvalue weighted by molar-refractivity contribution is 0.473. The molecule has 0 saturated carbocycles. The summed E-state index contributed by atoms with van der Waals surface area (Å²) in [6, 6.07) is 8.25. The van der Waals surface area contributed by atoms with Crippen LogP contribution in [-0.4, -0.2) is 10.1 Å². The molecule has 0 saturated heterocycles. The predicted molar refractivity (Wildman–Crippen MR) is 59.0 cm³/mol. The van der Waals surface area contributed by atoms with Crippen LogP contribution in [0.4, 0.5) is 4.39 Å². The predicted octanol–water partition coefficient (Wildman–Crippen LogP) is 3.36. The number of aromatic nitrogens is 1. The van der Waals surface area contributed by atoms with Gasteiger partial charge in [0.15, 0.2) is 0 Å². The molecule has 15 heavy (non-hydrogen) atoms. The molecule has 1 aromatic carbocycles. The highest BCUT2D eigenvalue weighted by Gasteiger charge is 2.11. The topological polar surface area (TPSA) is 33.1 Å². The van der Waals surface area contributed by atoms with E-state index < -0.39 is 5.95 Å². The van der Waals surface area contributed by atoms with E-state index in [-0.39, 0.29) is 11.3 Å². The number of rotatable bonds is 1. The molecular weight excluding hydrogens is 261 g/mol. The quantitative estimate of drug-likeness (QED) is 0.804. The molecule has 2 rings (SSSR count). The van der Waals surface area contributed by atoms with Crippen LogP contribution in [0, 0.1) is 5.95 Å². The lowest BCUT2D eigenvalue weighted by Gasteiger charge is -2.06. The Hall–Kier alpha value is -1.42. The van der Waals surface area contributed by atoms with E-state index in [1.165, 1.54) is 6.20 Å².